The predicted molar refractivity (Wildman–Crippen MR) is 75.1 cm³/mol. The highest BCUT2D eigenvalue weighted by atomic mass is 35.5. The first kappa shape index (κ1) is 13.6. The number of carbonyl (C=O) groups is 1. The van der Waals surface area contributed by atoms with E-state index in [4.69, 9.17) is 11.6 Å². The standard InChI is InChI=1S/C14H16ClN3O/c1-10-6-13(18(2)17-10)14(19)16-9-12-5-3-4-11(7-12)8-15/h3-7H,8-9H2,1-2H3,(H,16,19). The zero-order chi connectivity index (χ0) is 13.8. The number of rotatable bonds is 4. The van der Waals surface area contributed by atoms with Crippen molar-refractivity contribution in [1.29, 1.82) is 0 Å². The highest BCUT2D eigenvalue weighted by Crippen LogP contribution is 2.08. The SMILES string of the molecule is Cc1cc(C(=O)NCc2cccc(CCl)c2)n(C)n1. The van der Waals surface area contributed by atoms with Crippen LogP contribution in [0, 0.1) is 6.92 Å². The molecule has 0 aliphatic carbocycles. The minimum Gasteiger partial charge on any atom is -0.347 e. The van der Waals surface area contributed by atoms with Crippen LogP contribution in [0.25, 0.3) is 0 Å². The minimum absolute atomic E-state index is 0.126. The van der Waals surface area contributed by atoms with Crippen molar-refractivity contribution in [3.8, 4) is 0 Å². The summed E-state index contributed by atoms with van der Waals surface area (Å²) in [7, 11) is 1.76. The topological polar surface area (TPSA) is 46.9 Å². The lowest BCUT2D eigenvalue weighted by atomic mass is 10.1. The normalized spacial score (nSPS) is 10.5. The van der Waals surface area contributed by atoms with Crippen LogP contribution in [-0.2, 0) is 19.5 Å². The molecule has 1 heterocycles. The number of hydrogen-bond donors (Lipinski definition) is 1. The highest BCUT2D eigenvalue weighted by Gasteiger charge is 2.11. The Morgan fingerprint density at radius 3 is 2.74 bits per heavy atom. The van der Waals surface area contributed by atoms with Gasteiger partial charge in [-0.15, -0.1) is 11.6 Å². The van der Waals surface area contributed by atoms with Crippen LogP contribution in [0.2, 0.25) is 0 Å². The lowest BCUT2D eigenvalue weighted by Crippen LogP contribution is -2.25. The molecule has 4 nitrogen and oxygen atoms in total. The third-order valence-electron chi connectivity index (χ3n) is 2.83. The van der Waals surface area contributed by atoms with Gasteiger partial charge in [-0.2, -0.15) is 5.10 Å². The zero-order valence-corrected chi connectivity index (χ0v) is 11.7. The third kappa shape index (κ3) is 3.35. The molecule has 100 valence electrons. The maximum absolute atomic E-state index is 12.0. The fourth-order valence-electron chi connectivity index (χ4n) is 1.92. The van der Waals surface area contributed by atoms with Gasteiger partial charge in [0, 0.05) is 19.5 Å². The van der Waals surface area contributed by atoms with Crippen molar-refractivity contribution in [3.05, 3.63) is 52.8 Å². The van der Waals surface area contributed by atoms with Crippen molar-refractivity contribution < 1.29 is 4.79 Å². The van der Waals surface area contributed by atoms with Gasteiger partial charge in [-0.25, -0.2) is 0 Å². The second-order valence-electron chi connectivity index (χ2n) is 4.43. The summed E-state index contributed by atoms with van der Waals surface area (Å²) in [6.45, 7) is 2.34. The maximum Gasteiger partial charge on any atom is 0.269 e. The fourth-order valence-corrected chi connectivity index (χ4v) is 2.08. The van der Waals surface area contributed by atoms with Crippen LogP contribution in [0.4, 0.5) is 0 Å². The van der Waals surface area contributed by atoms with Crippen LogP contribution in [0.15, 0.2) is 30.3 Å². The van der Waals surface area contributed by atoms with Gasteiger partial charge in [0.15, 0.2) is 0 Å². The molecule has 2 aromatic rings. The second kappa shape index (κ2) is 5.89. The molecular formula is C14H16ClN3O. The first-order chi connectivity index (χ1) is 9.10. The summed E-state index contributed by atoms with van der Waals surface area (Å²) in [5.41, 5.74) is 3.47. The molecule has 0 spiro atoms. The van der Waals surface area contributed by atoms with Gasteiger partial charge in [0.1, 0.15) is 5.69 Å². The van der Waals surface area contributed by atoms with Crippen LogP contribution in [0.3, 0.4) is 0 Å². The molecule has 19 heavy (non-hydrogen) atoms. The van der Waals surface area contributed by atoms with Gasteiger partial charge < -0.3 is 5.32 Å². The van der Waals surface area contributed by atoms with Crippen molar-refractivity contribution in [3.63, 3.8) is 0 Å². The lowest BCUT2D eigenvalue weighted by molar-refractivity contribution is 0.0941. The summed E-state index contributed by atoms with van der Waals surface area (Å²) in [4.78, 5) is 12.0. The first-order valence-corrected chi connectivity index (χ1v) is 6.56. The number of carbonyl (C=O) groups excluding carboxylic acids is 1. The molecule has 1 N–H and O–H groups in total. The minimum atomic E-state index is -0.126. The van der Waals surface area contributed by atoms with Gasteiger partial charge in [-0.05, 0) is 24.1 Å². The van der Waals surface area contributed by atoms with Crippen LogP contribution < -0.4 is 5.32 Å². The maximum atomic E-state index is 12.0. The summed E-state index contributed by atoms with van der Waals surface area (Å²) in [5, 5.41) is 7.03. The molecule has 1 aromatic carbocycles. The molecule has 5 heteroatoms. The molecule has 0 unspecified atom stereocenters. The number of amides is 1. The molecule has 2 rings (SSSR count). The average Bonchev–Trinajstić information content (AvgIpc) is 2.75. The van der Waals surface area contributed by atoms with Gasteiger partial charge in [-0.3, -0.25) is 9.48 Å². The molecule has 0 saturated carbocycles. The molecule has 1 aromatic heterocycles. The molecule has 0 aliphatic heterocycles. The smallest absolute Gasteiger partial charge is 0.269 e. The number of hydrogen-bond acceptors (Lipinski definition) is 2. The number of aromatic nitrogens is 2. The largest absolute Gasteiger partial charge is 0.347 e. The van der Waals surface area contributed by atoms with E-state index in [9.17, 15) is 4.79 Å². The predicted octanol–water partition coefficient (Wildman–Crippen LogP) is 2.40. The number of alkyl halides is 1. The quantitative estimate of drug-likeness (QED) is 0.873. The van der Waals surface area contributed by atoms with E-state index in [1.54, 1.807) is 17.8 Å². The highest BCUT2D eigenvalue weighted by molar-refractivity contribution is 6.17. The van der Waals surface area contributed by atoms with Gasteiger partial charge in [-0.1, -0.05) is 24.3 Å². The first-order valence-electron chi connectivity index (χ1n) is 6.03. The number of nitrogens with zero attached hydrogens (tertiary/aromatic N) is 2. The molecule has 0 bridgehead atoms. The molecule has 0 fully saturated rings. The van der Waals surface area contributed by atoms with Crippen LogP contribution in [-0.4, -0.2) is 15.7 Å². The summed E-state index contributed by atoms with van der Waals surface area (Å²) < 4.78 is 1.58. The van der Waals surface area contributed by atoms with E-state index < -0.39 is 0 Å². The average molecular weight is 278 g/mol. The van der Waals surface area contributed by atoms with E-state index in [1.807, 2.05) is 31.2 Å². The summed E-state index contributed by atoms with van der Waals surface area (Å²) in [5.74, 6) is 0.349. The van der Waals surface area contributed by atoms with Crippen molar-refractivity contribution >= 4 is 17.5 Å². The molecule has 0 saturated heterocycles. The van der Waals surface area contributed by atoms with Gasteiger partial charge in [0.05, 0.1) is 5.69 Å². The van der Waals surface area contributed by atoms with Crippen molar-refractivity contribution in [2.45, 2.75) is 19.3 Å². The van der Waals surface area contributed by atoms with Gasteiger partial charge in [0.25, 0.3) is 5.91 Å². The number of benzene rings is 1. The van der Waals surface area contributed by atoms with Crippen molar-refractivity contribution in [2.75, 3.05) is 0 Å². The second-order valence-corrected chi connectivity index (χ2v) is 4.70. The van der Waals surface area contributed by atoms with Crippen LogP contribution in [0.1, 0.15) is 27.3 Å². The Morgan fingerprint density at radius 2 is 2.11 bits per heavy atom. The number of nitrogens with one attached hydrogen (secondary N) is 1. The van der Waals surface area contributed by atoms with Crippen LogP contribution in [0.5, 0.6) is 0 Å². The van der Waals surface area contributed by atoms with E-state index in [0.717, 1.165) is 16.8 Å². The zero-order valence-electron chi connectivity index (χ0n) is 11.0. The van der Waals surface area contributed by atoms with Crippen molar-refractivity contribution in [1.82, 2.24) is 15.1 Å². The Labute approximate surface area is 117 Å². The van der Waals surface area contributed by atoms with E-state index in [2.05, 4.69) is 10.4 Å². The van der Waals surface area contributed by atoms with E-state index in [1.165, 1.54) is 0 Å². The summed E-state index contributed by atoms with van der Waals surface area (Å²) >= 11 is 5.78. The third-order valence-corrected chi connectivity index (χ3v) is 3.14. The Hall–Kier alpha value is -1.81. The molecule has 0 atom stereocenters. The fraction of sp³-hybridized carbons (Fsp3) is 0.286. The van der Waals surface area contributed by atoms with Crippen LogP contribution >= 0.6 is 11.6 Å². The van der Waals surface area contributed by atoms with E-state index >= 15 is 0 Å². The van der Waals surface area contributed by atoms with Crippen molar-refractivity contribution in [2.24, 2.45) is 7.05 Å². The molecule has 0 radical (unpaired) electrons. The molecule has 1 amide bonds. The summed E-state index contributed by atoms with van der Waals surface area (Å²) in [6.07, 6.45) is 0. The Bertz CT molecular complexity index is 592. The van der Waals surface area contributed by atoms with Gasteiger partial charge in [0.2, 0.25) is 0 Å². The number of halogens is 1. The summed E-state index contributed by atoms with van der Waals surface area (Å²) in [6, 6.07) is 9.62. The van der Waals surface area contributed by atoms with Gasteiger partial charge >= 0.3 is 0 Å². The Morgan fingerprint density at radius 1 is 1.37 bits per heavy atom. The molecular weight excluding hydrogens is 262 g/mol. The number of aryl methyl sites for hydroxylation is 2. The lowest BCUT2D eigenvalue weighted by Gasteiger charge is -2.06. The molecule has 0 aliphatic rings. The Kier molecular flexibility index (Phi) is 4.22. The Balaban J connectivity index is 2.02. The monoisotopic (exact) mass is 277 g/mol. The van der Waals surface area contributed by atoms with E-state index in [0.29, 0.717) is 18.1 Å². The van der Waals surface area contributed by atoms with E-state index in [-0.39, 0.29) is 5.91 Å².